The van der Waals surface area contributed by atoms with E-state index in [1.165, 1.54) is 12.3 Å². The molecular weight excluding hydrogens is 339 g/mol. The smallest absolute Gasteiger partial charge is 0.275 e. The minimum absolute atomic E-state index is 0.274. The molecule has 8 nitrogen and oxygen atoms in total. The van der Waals surface area contributed by atoms with Crippen molar-refractivity contribution in [2.45, 2.75) is 6.54 Å². The van der Waals surface area contributed by atoms with Crippen LogP contribution in [0.5, 0.6) is 0 Å². The summed E-state index contributed by atoms with van der Waals surface area (Å²) in [5.41, 5.74) is 9.21. The lowest BCUT2D eigenvalue weighted by Gasteiger charge is -2.06. The molecule has 0 saturated carbocycles. The van der Waals surface area contributed by atoms with E-state index in [1.54, 1.807) is 23.6 Å². The molecule has 26 heavy (non-hydrogen) atoms. The highest BCUT2D eigenvalue weighted by molar-refractivity contribution is 5.99. The number of nitrogens with one attached hydrogen (secondary N) is 1. The molecule has 0 atom stereocenters. The first-order chi connectivity index (χ1) is 12.5. The Morgan fingerprint density at radius 1 is 1.27 bits per heavy atom. The first kappa shape index (κ1) is 17.1. The van der Waals surface area contributed by atoms with Crippen molar-refractivity contribution in [3.05, 3.63) is 81.8 Å². The van der Waals surface area contributed by atoms with Gasteiger partial charge in [0.15, 0.2) is 5.03 Å². The van der Waals surface area contributed by atoms with Gasteiger partial charge in [-0.2, -0.15) is 5.10 Å². The highest BCUT2D eigenvalue weighted by Crippen LogP contribution is 2.22. The minimum Gasteiger partial charge on any atom is -0.364 e. The molecule has 1 aromatic heterocycles. The van der Waals surface area contributed by atoms with Crippen molar-refractivity contribution in [1.82, 2.24) is 9.99 Å². The van der Waals surface area contributed by atoms with Gasteiger partial charge in [-0.25, -0.2) is 14.5 Å². The van der Waals surface area contributed by atoms with E-state index in [0.29, 0.717) is 12.1 Å². The standard InChI is InChI=1S/C17H15FN6O2/c18-15-7-3-1-5-12(15)10-23-11-13(14-6-2-4-8-16(14)23)9-20-21-17(19)22-24(25)26/h1-9,11H,10H2,(H3,19,21,22)/b20-9-. The van der Waals surface area contributed by atoms with Crippen molar-refractivity contribution in [3.63, 3.8) is 0 Å². The van der Waals surface area contributed by atoms with Crippen LogP contribution in [0.3, 0.4) is 0 Å². The number of para-hydroxylation sites is 1. The molecule has 3 rings (SSSR count). The summed E-state index contributed by atoms with van der Waals surface area (Å²) in [7, 11) is 0. The third-order valence-electron chi connectivity index (χ3n) is 3.69. The summed E-state index contributed by atoms with van der Waals surface area (Å²) in [5, 5.41) is 17.6. The summed E-state index contributed by atoms with van der Waals surface area (Å²) in [5.74, 6) is -0.704. The van der Waals surface area contributed by atoms with Crippen LogP contribution in [0.15, 0.2) is 64.9 Å². The second-order valence-corrected chi connectivity index (χ2v) is 5.42. The number of fused-ring (bicyclic) bond motifs is 1. The fourth-order valence-electron chi connectivity index (χ4n) is 2.59. The molecule has 3 aromatic rings. The Morgan fingerprint density at radius 2 is 2.00 bits per heavy atom. The molecule has 0 bridgehead atoms. The number of hydrazine groups is 1. The third-order valence-corrected chi connectivity index (χ3v) is 3.69. The average molecular weight is 354 g/mol. The monoisotopic (exact) mass is 354 g/mol. The predicted molar refractivity (Wildman–Crippen MR) is 96.8 cm³/mol. The third kappa shape index (κ3) is 3.83. The van der Waals surface area contributed by atoms with Gasteiger partial charge in [-0.05, 0) is 12.1 Å². The minimum atomic E-state index is -0.825. The molecule has 0 fully saturated rings. The number of hydrogen-bond donors (Lipinski definition) is 2. The molecular formula is C17H15FN6O2. The van der Waals surface area contributed by atoms with Crippen LogP contribution in [0.25, 0.3) is 10.9 Å². The van der Waals surface area contributed by atoms with Crippen molar-refractivity contribution >= 4 is 23.1 Å². The zero-order valence-corrected chi connectivity index (χ0v) is 13.5. The Bertz CT molecular complexity index is 1010. The molecule has 0 aliphatic rings. The molecule has 0 radical (unpaired) electrons. The van der Waals surface area contributed by atoms with Gasteiger partial charge >= 0.3 is 0 Å². The lowest BCUT2D eigenvalue weighted by atomic mass is 10.2. The number of halogens is 1. The number of nitro groups is 1. The molecule has 0 saturated heterocycles. The number of benzene rings is 2. The van der Waals surface area contributed by atoms with Gasteiger partial charge in [0, 0.05) is 28.2 Å². The number of guanidine groups is 1. The maximum absolute atomic E-state index is 13.9. The number of hydrogen-bond acceptors (Lipinski definition) is 4. The van der Waals surface area contributed by atoms with E-state index in [9.17, 15) is 14.5 Å². The van der Waals surface area contributed by atoms with Gasteiger partial charge < -0.3 is 10.3 Å². The molecule has 0 aliphatic carbocycles. The van der Waals surface area contributed by atoms with Gasteiger partial charge in [0.1, 0.15) is 5.82 Å². The first-order valence-corrected chi connectivity index (χ1v) is 7.63. The van der Waals surface area contributed by atoms with Gasteiger partial charge in [-0.15, -0.1) is 5.10 Å². The molecule has 0 amide bonds. The van der Waals surface area contributed by atoms with E-state index in [1.807, 2.05) is 35.0 Å². The van der Waals surface area contributed by atoms with Crippen LogP contribution in [0.4, 0.5) is 4.39 Å². The van der Waals surface area contributed by atoms with Crippen LogP contribution in [0, 0.1) is 15.9 Å². The molecule has 9 heteroatoms. The summed E-state index contributed by atoms with van der Waals surface area (Å²) >= 11 is 0. The average Bonchev–Trinajstić information content (AvgIpc) is 2.94. The van der Waals surface area contributed by atoms with Gasteiger partial charge in [0.2, 0.25) is 0 Å². The number of nitrogens with two attached hydrogens (primary N) is 1. The van der Waals surface area contributed by atoms with Crippen molar-refractivity contribution in [1.29, 1.82) is 0 Å². The number of rotatable bonds is 5. The van der Waals surface area contributed by atoms with E-state index in [0.717, 1.165) is 16.5 Å². The Hall–Kier alpha value is -3.75. The van der Waals surface area contributed by atoms with Crippen molar-refractivity contribution < 1.29 is 9.42 Å². The van der Waals surface area contributed by atoms with Crippen molar-refractivity contribution in [2.24, 2.45) is 15.9 Å². The van der Waals surface area contributed by atoms with E-state index < -0.39 is 11.0 Å². The molecule has 3 N–H and O–H groups in total. The fraction of sp³-hybridized carbons (Fsp3) is 0.0588. The summed E-state index contributed by atoms with van der Waals surface area (Å²) in [6.07, 6.45) is 3.25. The zero-order chi connectivity index (χ0) is 18.5. The Balaban J connectivity index is 1.93. The van der Waals surface area contributed by atoms with E-state index in [-0.39, 0.29) is 5.82 Å². The second-order valence-electron chi connectivity index (χ2n) is 5.42. The van der Waals surface area contributed by atoms with Gasteiger partial charge in [-0.1, -0.05) is 41.8 Å². The van der Waals surface area contributed by atoms with Crippen LogP contribution in [-0.2, 0) is 6.54 Å². The van der Waals surface area contributed by atoms with Crippen LogP contribution in [0.1, 0.15) is 11.1 Å². The SMILES string of the molecule is NC(=N/N=C\c1cn(Cc2ccccc2F)c2ccccc12)N[N+](=O)[O-]. The molecule has 0 aliphatic heterocycles. The van der Waals surface area contributed by atoms with Crippen LogP contribution in [-0.4, -0.2) is 21.8 Å². The Labute approximate surface area is 147 Å². The van der Waals surface area contributed by atoms with E-state index in [4.69, 9.17) is 5.73 Å². The predicted octanol–water partition coefficient (Wildman–Crippen LogP) is 2.26. The zero-order valence-electron chi connectivity index (χ0n) is 13.5. The largest absolute Gasteiger partial charge is 0.364 e. The molecule has 0 spiro atoms. The second kappa shape index (κ2) is 7.43. The van der Waals surface area contributed by atoms with Crippen LogP contribution in [0.2, 0.25) is 0 Å². The highest BCUT2D eigenvalue weighted by atomic mass is 19.1. The lowest BCUT2D eigenvalue weighted by molar-refractivity contribution is -0.525. The molecule has 0 unspecified atom stereocenters. The maximum atomic E-state index is 13.9. The summed E-state index contributed by atoms with van der Waals surface area (Å²) in [6, 6.07) is 14.2. The van der Waals surface area contributed by atoms with E-state index in [2.05, 4.69) is 10.2 Å². The molecule has 132 valence electrons. The number of aromatic nitrogens is 1. The van der Waals surface area contributed by atoms with E-state index >= 15 is 0 Å². The van der Waals surface area contributed by atoms with Gasteiger partial charge in [0.25, 0.3) is 5.96 Å². The summed E-state index contributed by atoms with van der Waals surface area (Å²) < 4.78 is 15.8. The normalized spacial score (nSPS) is 12.0. The summed E-state index contributed by atoms with van der Waals surface area (Å²) in [6.45, 7) is 0.356. The highest BCUT2D eigenvalue weighted by Gasteiger charge is 2.09. The number of nitrogens with zero attached hydrogens (tertiary/aromatic N) is 4. The first-order valence-electron chi connectivity index (χ1n) is 7.63. The quantitative estimate of drug-likeness (QED) is 0.317. The molecule has 1 heterocycles. The van der Waals surface area contributed by atoms with Crippen molar-refractivity contribution in [3.8, 4) is 0 Å². The van der Waals surface area contributed by atoms with Crippen LogP contribution < -0.4 is 11.2 Å². The lowest BCUT2D eigenvalue weighted by Crippen LogP contribution is -2.35. The van der Waals surface area contributed by atoms with Gasteiger partial charge in [-0.3, -0.25) is 0 Å². The topological polar surface area (TPSA) is 111 Å². The maximum Gasteiger partial charge on any atom is 0.275 e. The Morgan fingerprint density at radius 3 is 2.77 bits per heavy atom. The van der Waals surface area contributed by atoms with Gasteiger partial charge in [0.05, 0.1) is 12.8 Å². The fourth-order valence-corrected chi connectivity index (χ4v) is 2.59. The Kier molecular flexibility index (Phi) is 4.88. The molecule has 2 aromatic carbocycles. The summed E-state index contributed by atoms with van der Waals surface area (Å²) in [4.78, 5) is 10.3. The van der Waals surface area contributed by atoms with Crippen molar-refractivity contribution in [2.75, 3.05) is 0 Å². The van der Waals surface area contributed by atoms with Crippen LogP contribution >= 0.6 is 0 Å².